The van der Waals surface area contributed by atoms with Crippen molar-refractivity contribution in [3.63, 3.8) is 0 Å². The van der Waals surface area contributed by atoms with Crippen molar-refractivity contribution in [3.05, 3.63) is 35.9 Å². The molecule has 0 aliphatic rings. The van der Waals surface area contributed by atoms with E-state index in [-0.39, 0.29) is 6.61 Å². The average Bonchev–Trinajstić information content (AvgIpc) is 2.36. The lowest BCUT2D eigenvalue weighted by molar-refractivity contribution is 0.0234. The molecule has 2 atom stereocenters. The molecule has 1 rings (SSSR count). The Morgan fingerprint density at radius 2 is 1.90 bits per heavy atom. The van der Waals surface area contributed by atoms with Crippen LogP contribution in [0.1, 0.15) is 33.3 Å². The normalized spacial score (nSPS) is 14.3. The molecule has 0 heterocycles. The molecule has 0 radical (unpaired) electrons. The Balaban J connectivity index is 2.41. The number of carbonyl (C=O) groups excluding carboxylic acids is 1. The second kappa shape index (κ2) is 8.00. The van der Waals surface area contributed by atoms with Gasteiger partial charge in [0.05, 0.1) is 25.4 Å². The molecule has 1 amide bonds. The Hall–Kier alpha value is -1.59. The molecule has 1 aromatic carbocycles. The maximum Gasteiger partial charge on any atom is 0.408 e. The highest BCUT2D eigenvalue weighted by Crippen LogP contribution is 2.08. The molecule has 5 nitrogen and oxygen atoms in total. The van der Waals surface area contributed by atoms with Crippen LogP contribution in [0.15, 0.2) is 30.3 Å². The maximum absolute atomic E-state index is 11.7. The fraction of sp³-hybridized carbons (Fsp3) is 0.562. The minimum atomic E-state index is -0.728. The van der Waals surface area contributed by atoms with Crippen LogP contribution < -0.4 is 5.32 Å². The van der Waals surface area contributed by atoms with Crippen LogP contribution in [0.3, 0.4) is 0 Å². The van der Waals surface area contributed by atoms with Crippen LogP contribution in [0.4, 0.5) is 4.79 Å². The lowest BCUT2D eigenvalue weighted by atomic mass is 10.2. The molecule has 21 heavy (non-hydrogen) atoms. The molecule has 0 spiro atoms. The van der Waals surface area contributed by atoms with Crippen molar-refractivity contribution in [1.29, 1.82) is 0 Å². The van der Waals surface area contributed by atoms with Crippen molar-refractivity contribution in [1.82, 2.24) is 5.32 Å². The second-order valence-electron chi connectivity index (χ2n) is 5.99. The van der Waals surface area contributed by atoms with Crippen LogP contribution in [-0.2, 0) is 16.1 Å². The zero-order chi connectivity index (χ0) is 15.9. The quantitative estimate of drug-likeness (QED) is 0.846. The third-order valence-corrected chi connectivity index (χ3v) is 2.69. The first-order valence-corrected chi connectivity index (χ1v) is 7.07. The Morgan fingerprint density at radius 3 is 2.43 bits per heavy atom. The number of aliphatic hydroxyl groups is 1. The van der Waals surface area contributed by atoms with Gasteiger partial charge >= 0.3 is 6.09 Å². The van der Waals surface area contributed by atoms with E-state index >= 15 is 0 Å². The highest BCUT2D eigenvalue weighted by molar-refractivity contribution is 5.68. The molecule has 0 bridgehead atoms. The summed E-state index contributed by atoms with van der Waals surface area (Å²) in [7, 11) is 0. The van der Waals surface area contributed by atoms with Gasteiger partial charge in [-0.1, -0.05) is 30.3 Å². The lowest BCUT2D eigenvalue weighted by Gasteiger charge is -2.25. The van der Waals surface area contributed by atoms with Crippen LogP contribution in [0.2, 0.25) is 0 Å². The van der Waals surface area contributed by atoms with Gasteiger partial charge in [0.25, 0.3) is 0 Å². The molecule has 0 saturated heterocycles. The third kappa shape index (κ3) is 7.68. The summed E-state index contributed by atoms with van der Waals surface area (Å²) < 4.78 is 10.7. The molecule has 5 heteroatoms. The van der Waals surface area contributed by atoms with Gasteiger partial charge in [0.2, 0.25) is 0 Å². The van der Waals surface area contributed by atoms with Crippen LogP contribution >= 0.6 is 0 Å². The van der Waals surface area contributed by atoms with Gasteiger partial charge in [0.1, 0.15) is 5.60 Å². The number of carbonyl (C=O) groups is 1. The molecule has 0 fully saturated rings. The SMILES string of the molecule is C[C@H](O)[C@@H](COCc1ccccc1)NC(=O)OC(C)(C)C. The molecule has 118 valence electrons. The largest absolute Gasteiger partial charge is 0.444 e. The molecule has 0 unspecified atom stereocenters. The highest BCUT2D eigenvalue weighted by atomic mass is 16.6. The maximum atomic E-state index is 11.7. The van der Waals surface area contributed by atoms with Crippen molar-refractivity contribution in [2.45, 2.75) is 52.0 Å². The number of rotatable bonds is 6. The second-order valence-corrected chi connectivity index (χ2v) is 5.99. The number of aliphatic hydroxyl groups excluding tert-OH is 1. The van der Waals surface area contributed by atoms with Gasteiger partial charge in [-0.25, -0.2) is 4.79 Å². The zero-order valence-electron chi connectivity index (χ0n) is 13.1. The van der Waals surface area contributed by atoms with Crippen molar-refractivity contribution in [2.75, 3.05) is 6.61 Å². The number of alkyl carbamates (subject to hydrolysis) is 1. The van der Waals surface area contributed by atoms with E-state index < -0.39 is 23.8 Å². The Labute approximate surface area is 126 Å². The number of amides is 1. The summed E-state index contributed by atoms with van der Waals surface area (Å²) in [4.78, 5) is 11.7. The molecule has 0 saturated carbocycles. The van der Waals surface area contributed by atoms with E-state index in [4.69, 9.17) is 9.47 Å². The predicted molar refractivity (Wildman–Crippen MR) is 80.9 cm³/mol. The minimum absolute atomic E-state index is 0.214. The highest BCUT2D eigenvalue weighted by Gasteiger charge is 2.22. The summed E-state index contributed by atoms with van der Waals surface area (Å²) in [5.74, 6) is 0. The molecule has 1 aromatic rings. The Morgan fingerprint density at radius 1 is 1.29 bits per heavy atom. The van der Waals surface area contributed by atoms with Gasteiger partial charge in [-0.3, -0.25) is 0 Å². The number of hydrogen-bond donors (Lipinski definition) is 2. The number of nitrogens with one attached hydrogen (secondary N) is 1. The van der Waals surface area contributed by atoms with Crippen LogP contribution in [0, 0.1) is 0 Å². The molecule has 0 aromatic heterocycles. The van der Waals surface area contributed by atoms with Gasteiger partial charge in [0, 0.05) is 0 Å². The van der Waals surface area contributed by atoms with Gasteiger partial charge < -0.3 is 19.9 Å². The van der Waals surface area contributed by atoms with Crippen LogP contribution in [0.5, 0.6) is 0 Å². The topological polar surface area (TPSA) is 67.8 Å². The van der Waals surface area contributed by atoms with E-state index in [1.165, 1.54) is 0 Å². The van der Waals surface area contributed by atoms with E-state index in [2.05, 4.69) is 5.32 Å². The molecular weight excluding hydrogens is 270 g/mol. The first-order chi connectivity index (χ1) is 9.78. The minimum Gasteiger partial charge on any atom is -0.444 e. The summed E-state index contributed by atoms with van der Waals surface area (Å²) in [6.45, 7) is 7.61. The van der Waals surface area contributed by atoms with Crippen molar-refractivity contribution < 1.29 is 19.4 Å². The molecule has 0 aliphatic heterocycles. The van der Waals surface area contributed by atoms with Gasteiger partial charge in [-0.2, -0.15) is 0 Å². The predicted octanol–water partition coefficient (Wildman–Crippen LogP) is 2.48. The smallest absolute Gasteiger partial charge is 0.408 e. The average molecular weight is 295 g/mol. The van der Waals surface area contributed by atoms with Crippen LogP contribution in [0.25, 0.3) is 0 Å². The standard InChI is InChI=1S/C16H25NO4/c1-12(18)14(17-15(19)21-16(2,3)4)11-20-10-13-8-6-5-7-9-13/h5-9,12,14,18H,10-11H2,1-4H3,(H,17,19)/t12-,14+/m0/s1. The zero-order valence-corrected chi connectivity index (χ0v) is 13.1. The molecule has 2 N–H and O–H groups in total. The Kier molecular flexibility index (Phi) is 6.65. The third-order valence-electron chi connectivity index (χ3n) is 2.69. The summed E-state index contributed by atoms with van der Waals surface area (Å²) in [6.07, 6.45) is -1.29. The first kappa shape index (κ1) is 17.5. The van der Waals surface area contributed by atoms with Gasteiger partial charge in [-0.05, 0) is 33.3 Å². The number of hydrogen-bond acceptors (Lipinski definition) is 4. The first-order valence-electron chi connectivity index (χ1n) is 7.07. The van der Waals surface area contributed by atoms with Crippen LogP contribution in [-0.4, -0.2) is 35.6 Å². The molecule has 0 aliphatic carbocycles. The van der Waals surface area contributed by atoms with Crippen molar-refractivity contribution in [3.8, 4) is 0 Å². The lowest BCUT2D eigenvalue weighted by Crippen LogP contribution is -2.47. The summed E-state index contributed by atoms with van der Waals surface area (Å²) in [5, 5.41) is 12.3. The summed E-state index contributed by atoms with van der Waals surface area (Å²) in [5.41, 5.74) is 0.470. The monoisotopic (exact) mass is 295 g/mol. The van der Waals surface area contributed by atoms with Crippen molar-refractivity contribution in [2.24, 2.45) is 0 Å². The van der Waals surface area contributed by atoms with Crippen molar-refractivity contribution >= 4 is 6.09 Å². The fourth-order valence-electron chi connectivity index (χ4n) is 1.64. The van der Waals surface area contributed by atoms with E-state index in [0.29, 0.717) is 6.61 Å². The fourth-order valence-corrected chi connectivity index (χ4v) is 1.64. The molecular formula is C16H25NO4. The summed E-state index contributed by atoms with van der Waals surface area (Å²) >= 11 is 0. The van der Waals surface area contributed by atoms with E-state index in [1.807, 2.05) is 30.3 Å². The van der Waals surface area contributed by atoms with E-state index in [0.717, 1.165) is 5.56 Å². The summed E-state index contributed by atoms with van der Waals surface area (Å²) in [6, 6.07) is 9.21. The van der Waals surface area contributed by atoms with Gasteiger partial charge in [0.15, 0.2) is 0 Å². The van der Waals surface area contributed by atoms with E-state index in [1.54, 1.807) is 27.7 Å². The number of benzene rings is 1. The number of ether oxygens (including phenoxy) is 2. The van der Waals surface area contributed by atoms with E-state index in [9.17, 15) is 9.90 Å². The van der Waals surface area contributed by atoms with Gasteiger partial charge in [-0.15, -0.1) is 0 Å². The Bertz CT molecular complexity index is 426.